The Labute approximate surface area is 65.2 Å². The molecule has 0 aromatic carbocycles. The molecule has 1 aromatic rings. The largest absolute Gasteiger partial charge is 0.384 e. The molecule has 1 rings (SSSR count). The minimum absolute atomic E-state index is 0.288. The second-order valence-electron chi connectivity index (χ2n) is 2.46. The Hall–Kier alpha value is -1.50. The Kier molecular flexibility index (Phi) is 1.81. The van der Waals surface area contributed by atoms with Gasteiger partial charge in [0.25, 0.3) is 0 Å². The number of nitrogens with two attached hydrogens (primary N) is 1. The van der Waals surface area contributed by atoms with Gasteiger partial charge in [0.2, 0.25) is 0 Å². The maximum absolute atomic E-state index is 8.56. The maximum Gasteiger partial charge on any atom is 0.138 e. The van der Waals surface area contributed by atoms with Crippen LogP contribution < -0.4 is 5.73 Å². The van der Waals surface area contributed by atoms with Gasteiger partial charge >= 0.3 is 0 Å². The Morgan fingerprint density at radius 1 is 1.82 bits per heavy atom. The first-order valence-corrected chi connectivity index (χ1v) is 3.36. The molecule has 0 spiro atoms. The number of hydrogen-bond donors (Lipinski definition) is 1. The zero-order valence-electron chi connectivity index (χ0n) is 6.57. The summed E-state index contributed by atoms with van der Waals surface area (Å²) in [6.07, 6.45) is 0. The lowest BCUT2D eigenvalue weighted by Crippen LogP contribution is -2.07. The van der Waals surface area contributed by atoms with E-state index in [4.69, 9.17) is 11.0 Å². The van der Waals surface area contributed by atoms with E-state index in [0.717, 1.165) is 5.69 Å². The van der Waals surface area contributed by atoms with Gasteiger partial charge in [0.1, 0.15) is 11.9 Å². The van der Waals surface area contributed by atoms with Gasteiger partial charge in [0.05, 0.1) is 11.8 Å². The molecule has 58 valence electrons. The number of nitriles is 1. The van der Waals surface area contributed by atoms with Crippen molar-refractivity contribution in [1.82, 2.24) is 9.78 Å². The van der Waals surface area contributed by atoms with Gasteiger partial charge in [-0.15, -0.1) is 0 Å². The average molecular weight is 150 g/mol. The van der Waals surface area contributed by atoms with Crippen LogP contribution in [0.3, 0.4) is 0 Å². The molecule has 0 aliphatic carbocycles. The van der Waals surface area contributed by atoms with Crippen molar-refractivity contribution < 1.29 is 0 Å². The van der Waals surface area contributed by atoms with Crippen LogP contribution in [-0.2, 0) is 0 Å². The maximum atomic E-state index is 8.56. The monoisotopic (exact) mass is 150 g/mol. The van der Waals surface area contributed by atoms with Crippen LogP contribution in [0, 0.1) is 18.3 Å². The molecule has 0 aliphatic rings. The lowest BCUT2D eigenvalue weighted by Gasteiger charge is -2.03. The molecule has 1 heterocycles. The highest BCUT2D eigenvalue weighted by Crippen LogP contribution is 2.11. The lowest BCUT2D eigenvalue weighted by molar-refractivity contribution is 0.595. The summed E-state index contributed by atoms with van der Waals surface area (Å²) >= 11 is 0. The lowest BCUT2D eigenvalue weighted by atomic mass is 10.4. The molecule has 0 bridgehead atoms. The molecular formula is C7H10N4. The van der Waals surface area contributed by atoms with Gasteiger partial charge in [-0.05, 0) is 13.8 Å². The van der Waals surface area contributed by atoms with Gasteiger partial charge in [0, 0.05) is 6.07 Å². The van der Waals surface area contributed by atoms with Gasteiger partial charge < -0.3 is 5.73 Å². The summed E-state index contributed by atoms with van der Waals surface area (Å²) in [7, 11) is 0. The summed E-state index contributed by atoms with van der Waals surface area (Å²) < 4.78 is 1.51. The molecule has 4 heteroatoms. The van der Waals surface area contributed by atoms with E-state index in [-0.39, 0.29) is 6.04 Å². The Bertz CT molecular complexity index is 294. The molecule has 1 atom stereocenters. The number of aromatic nitrogens is 2. The van der Waals surface area contributed by atoms with E-state index in [2.05, 4.69) is 11.2 Å². The SMILES string of the molecule is Cc1cc(N)n(C(C)C#N)n1. The molecule has 0 fully saturated rings. The first-order valence-electron chi connectivity index (χ1n) is 3.36. The van der Waals surface area contributed by atoms with Gasteiger partial charge in [-0.25, -0.2) is 4.68 Å². The molecule has 0 radical (unpaired) electrons. The van der Waals surface area contributed by atoms with Crippen molar-refractivity contribution in [2.24, 2.45) is 0 Å². The van der Waals surface area contributed by atoms with E-state index in [9.17, 15) is 0 Å². The summed E-state index contributed by atoms with van der Waals surface area (Å²) in [5, 5.41) is 12.6. The molecule has 2 N–H and O–H groups in total. The number of hydrogen-bond acceptors (Lipinski definition) is 3. The zero-order valence-corrected chi connectivity index (χ0v) is 6.57. The van der Waals surface area contributed by atoms with Crippen LogP contribution >= 0.6 is 0 Å². The average Bonchev–Trinajstić information content (AvgIpc) is 2.28. The Morgan fingerprint density at radius 2 is 2.45 bits per heavy atom. The first-order chi connectivity index (χ1) is 5.15. The normalized spacial score (nSPS) is 12.5. The summed E-state index contributed by atoms with van der Waals surface area (Å²) in [5.74, 6) is 0.538. The quantitative estimate of drug-likeness (QED) is 0.645. The van der Waals surface area contributed by atoms with Crippen LogP contribution in [0.4, 0.5) is 5.82 Å². The molecule has 0 saturated carbocycles. The van der Waals surface area contributed by atoms with Gasteiger partial charge in [-0.2, -0.15) is 10.4 Å². The van der Waals surface area contributed by atoms with E-state index in [0.29, 0.717) is 5.82 Å². The summed E-state index contributed by atoms with van der Waals surface area (Å²) in [6.45, 7) is 3.60. The van der Waals surface area contributed by atoms with E-state index < -0.39 is 0 Å². The topological polar surface area (TPSA) is 67.6 Å². The number of nitrogens with zero attached hydrogens (tertiary/aromatic N) is 3. The second-order valence-corrected chi connectivity index (χ2v) is 2.46. The highest BCUT2D eigenvalue weighted by Gasteiger charge is 2.07. The summed E-state index contributed by atoms with van der Waals surface area (Å²) in [4.78, 5) is 0. The number of anilines is 1. The van der Waals surface area contributed by atoms with E-state index in [1.165, 1.54) is 4.68 Å². The van der Waals surface area contributed by atoms with Crippen molar-refractivity contribution in [3.05, 3.63) is 11.8 Å². The van der Waals surface area contributed by atoms with Gasteiger partial charge in [-0.1, -0.05) is 0 Å². The minimum atomic E-state index is -0.288. The summed E-state index contributed by atoms with van der Waals surface area (Å²) in [5.41, 5.74) is 6.40. The number of aryl methyl sites for hydroxylation is 1. The molecule has 1 unspecified atom stereocenters. The fourth-order valence-corrected chi connectivity index (χ4v) is 0.902. The van der Waals surface area contributed by atoms with Crippen molar-refractivity contribution in [3.8, 4) is 6.07 Å². The Morgan fingerprint density at radius 3 is 2.82 bits per heavy atom. The first kappa shape index (κ1) is 7.61. The predicted molar refractivity (Wildman–Crippen MR) is 41.7 cm³/mol. The Balaban J connectivity index is 3.05. The van der Waals surface area contributed by atoms with Crippen LogP contribution in [-0.4, -0.2) is 9.78 Å². The van der Waals surface area contributed by atoms with Crippen LogP contribution in [0.2, 0.25) is 0 Å². The number of nitrogen functional groups attached to an aromatic ring is 1. The second kappa shape index (κ2) is 2.62. The zero-order chi connectivity index (χ0) is 8.43. The molecule has 0 aliphatic heterocycles. The van der Waals surface area contributed by atoms with Crippen LogP contribution in [0.15, 0.2) is 6.07 Å². The van der Waals surface area contributed by atoms with E-state index in [1.54, 1.807) is 13.0 Å². The molecule has 4 nitrogen and oxygen atoms in total. The van der Waals surface area contributed by atoms with Crippen molar-refractivity contribution in [2.75, 3.05) is 5.73 Å². The van der Waals surface area contributed by atoms with Crippen molar-refractivity contribution >= 4 is 5.82 Å². The fraction of sp³-hybridized carbons (Fsp3) is 0.429. The standard InChI is InChI=1S/C7H10N4/c1-5-3-7(9)11(10-5)6(2)4-8/h3,6H,9H2,1-2H3. The minimum Gasteiger partial charge on any atom is -0.384 e. The van der Waals surface area contributed by atoms with Crippen molar-refractivity contribution in [3.63, 3.8) is 0 Å². The van der Waals surface area contributed by atoms with Gasteiger partial charge in [0.15, 0.2) is 0 Å². The fourth-order valence-electron chi connectivity index (χ4n) is 0.902. The van der Waals surface area contributed by atoms with Crippen molar-refractivity contribution in [2.45, 2.75) is 19.9 Å². The molecule has 1 aromatic heterocycles. The third kappa shape index (κ3) is 1.32. The third-order valence-electron chi connectivity index (χ3n) is 1.44. The van der Waals surface area contributed by atoms with Crippen LogP contribution in [0.1, 0.15) is 18.7 Å². The summed E-state index contributed by atoms with van der Waals surface area (Å²) in [6, 6.07) is 3.51. The smallest absolute Gasteiger partial charge is 0.138 e. The van der Waals surface area contributed by atoms with Gasteiger partial charge in [-0.3, -0.25) is 0 Å². The van der Waals surface area contributed by atoms with Crippen LogP contribution in [0.25, 0.3) is 0 Å². The molecular weight excluding hydrogens is 140 g/mol. The predicted octanol–water partition coefficient (Wildman–Crippen LogP) is 0.858. The molecule has 0 saturated heterocycles. The third-order valence-corrected chi connectivity index (χ3v) is 1.44. The molecule has 0 amide bonds. The highest BCUT2D eigenvalue weighted by molar-refractivity contribution is 5.31. The highest BCUT2D eigenvalue weighted by atomic mass is 15.3. The van der Waals surface area contributed by atoms with E-state index >= 15 is 0 Å². The van der Waals surface area contributed by atoms with E-state index in [1.807, 2.05) is 6.92 Å². The number of rotatable bonds is 1. The van der Waals surface area contributed by atoms with Crippen molar-refractivity contribution in [1.29, 1.82) is 5.26 Å². The van der Waals surface area contributed by atoms with Crippen LogP contribution in [0.5, 0.6) is 0 Å². The molecule has 11 heavy (non-hydrogen) atoms.